The maximum atomic E-state index is 4.05. The van der Waals surface area contributed by atoms with Crippen LogP contribution in [0.3, 0.4) is 0 Å². The van der Waals surface area contributed by atoms with E-state index in [9.17, 15) is 0 Å². The molecule has 0 amide bonds. The summed E-state index contributed by atoms with van der Waals surface area (Å²) in [5.74, 6) is 0. The van der Waals surface area contributed by atoms with Crippen LogP contribution in [0.4, 0.5) is 0 Å². The lowest BCUT2D eigenvalue weighted by atomic mass is 10.3. The highest BCUT2D eigenvalue weighted by Crippen LogP contribution is 2.24. The molecule has 0 unspecified atom stereocenters. The SMILES string of the molecule is C=C[Si](C=C)(CCCCC)CCCCC. The van der Waals surface area contributed by atoms with Gasteiger partial charge in [-0.2, -0.15) is 0 Å². The Kier molecular flexibility index (Phi) is 8.78. The van der Waals surface area contributed by atoms with Gasteiger partial charge in [0.05, 0.1) is 0 Å². The molecule has 0 aromatic carbocycles. The Morgan fingerprint density at radius 2 is 1.20 bits per heavy atom. The topological polar surface area (TPSA) is 0 Å². The zero-order valence-corrected chi connectivity index (χ0v) is 11.7. The average Bonchev–Trinajstić information content (AvgIpc) is 2.28. The van der Waals surface area contributed by atoms with Crippen LogP contribution in [-0.2, 0) is 0 Å². The molecule has 0 saturated heterocycles. The van der Waals surface area contributed by atoms with E-state index in [0.717, 1.165) is 0 Å². The quantitative estimate of drug-likeness (QED) is 0.350. The minimum absolute atomic E-state index is 1.29. The molecule has 0 aliphatic carbocycles. The normalized spacial score (nSPS) is 11.3. The van der Waals surface area contributed by atoms with Gasteiger partial charge in [-0.25, -0.2) is 0 Å². The van der Waals surface area contributed by atoms with Gasteiger partial charge in [0.15, 0.2) is 0 Å². The summed E-state index contributed by atoms with van der Waals surface area (Å²) in [6.45, 7) is 12.6. The Morgan fingerprint density at radius 3 is 1.47 bits per heavy atom. The summed E-state index contributed by atoms with van der Waals surface area (Å²) in [5, 5.41) is 0. The van der Waals surface area contributed by atoms with Gasteiger partial charge in [-0.05, 0) is 0 Å². The highest BCUT2D eigenvalue weighted by atomic mass is 28.3. The lowest BCUT2D eigenvalue weighted by molar-refractivity contribution is 0.743. The molecular formula is C14H28Si. The molecule has 1 heteroatoms. The molecule has 0 saturated carbocycles. The molecule has 0 aromatic rings. The van der Waals surface area contributed by atoms with E-state index in [1.54, 1.807) is 0 Å². The summed E-state index contributed by atoms with van der Waals surface area (Å²) < 4.78 is 0. The van der Waals surface area contributed by atoms with E-state index in [1.165, 1.54) is 50.6 Å². The van der Waals surface area contributed by atoms with Crippen LogP contribution >= 0.6 is 0 Å². The molecule has 0 N–H and O–H groups in total. The average molecular weight is 224 g/mol. The van der Waals surface area contributed by atoms with Crippen LogP contribution in [0.15, 0.2) is 24.6 Å². The maximum absolute atomic E-state index is 4.05. The summed E-state index contributed by atoms with van der Waals surface area (Å²) in [7, 11) is -1.29. The summed E-state index contributed by atoms with van der Waals surface area (Å²) in [5.41, 5.74) is 4.51. The number of rotatable bonds is 10. The zero-order chi connectivity index (χ0) is 11.6. The molecule has 0 nitrogen and oxygen atoms in total. The monoisotopic (exact) mass is 224 g/mol. The first-order valence-corrected chi connectivity index (χ1v) is 9.08. The van der Waals surface area contributed by atoms with E-state index in [2.05, 4.69) is 38.4 Å². The Morgan fingerprint density at radius 1 is 0.800 bits per heavy atom. The highest BCUT2D eigenvalue weighted by molar-refractivity contribution is 6.88. The van der Waals surface area contributed by atoms with E-state index in [-0.39, 0.29) is 0 Å². The largest absolute Gasteiger partial charge is 0.107 e. The second-order valence-corrected chi connectivity index (χ2v) is 8.84. The molecule has 88 valence electrons. The van der Waals surface area contributed by atoms with Gasteiger partial charge < -0.3 is 0 Å². The van der Waals surface area contributed by atoms with E-state index in [0.29, 0.717) is 0 Å². The Hall–Kier alpha value is -0.303. The van der Waals surface area contributed by atoms with Crippen LogP contribution in [0.2, 0.25) is 12.1 Å². The van der Waals surface area contributed by atoms with E-state index in [4.69, 9.17) is 0 Å². The predicted octanol–water partition coefficient (Wildman–Crippen LogP) is 5.27. The third-order valence-corrected chi connectivity index (χ3v) is 7.50. The molecular weight excluding hydrogens is 196 g/mol. The van der Waals surface area contributed by atoms with Gasteiger partial charge >= 0.3 is 0 Å². The molecule has 0 aliphatic rings. The summed E-state index contributed by atoms with van der Waals surface area (Å²) in [6, 6.07) is 2.75. The molecule has 0 rings (SSSR count). The van der Waals surface area contributed by atoms with Crippen molar-refractivity contribution < 1.29 is 0 Å². The molecule has 0 bridgehead atoms. The second kappa shape index (κ2) is 8.96. The smallest absolute Gasteiger partial charge is 0.100 e. The van der Waals surface area contributed by atoms with Gasteiger partial charge in [0, 0.05) is 0 Å². The van der Waals surface area contributed by atoms with Crippen LogP contribution in [-0.4, -0.2) is 8.07 Å². The molecule has 0 fully saturated rings. The molecule has 0 aliphatic heterocycles. The molecule has 0 aromatic heterocycles. The Labute approximate surface area is 97.5 Å². The first-order chi connectivity index (χ1) is 7.24. The molecule has 15 heavy (non-hydrogen) atoms. The van der Waals surface area contributed by atoms with Crippen molar-refractivity contribution in [1.82, 2.24) is 0 Å². The lowest BCUT2D eigenvalue weighted by Gasteiger charge is -2.24. The van der Waals surface area contributed by atoms with E-state index >= 15 is 0 Å². The van der Waals surface area contributed by atoms with Crippen molar-refractivity contribution in [2.75, 3.05) is 0 Å². The first-order valence-electron chi connectivity index (χ1n) is 6.52. The minimum atomic E-state index is -1.29. The van der Waals surface area contributed by atoms with Crippen LogP contribution in [0, 0.1) is 0 Å². The molecule has 0 atom stereocenters. The molecule has 0 spiro atoms. The second-order valence-electron chi connectivity index (χ2n) is 4.56. The molecule has 0 radical (unpaired) electrons. The molecule has 0 heterocycles. The van der Waals surface area contributed by atoms with E-state index in [1.807, 2.05) is 0 Å². The fourth-order valence-electron chi connectivity index (χ4n) is 2.02. The van der Waals surface area contributed by atoms with Gasteiger partial charge in [-0.1, -0.05) is 75.9 Å². The summed E-state index contributed by atoms with van der Waals surface area (Å²) in [6.07, 6.45) is 8.09. The van der Waals surface area contributed by atoms with Crippen molar-refractivity contribution >= 4 is 8.07 Å². The summed E-state index contributed by atoms with van der Waals surface area (Å²) >= 11 is 0. The van der Waals surface area contributed by atoms with Crippen molar-refractivity contribution in [2.45, 2.75) is 64.5 Å². The number of hydrogen-bond donors (Lipinski definition) is 0. The van der Waals surface area contributed by atoms with Crippen LogP contribution in [0.5, 0.6) is 0 Å². The van der Waals surface area contributed by atoms with Crippen molar-refractivity contribution in [3.8, 4) is 0 Å². The maximum Gasteiger partial charge on any atom is 0.100 e. The van der Waals surface area contributed by atoms with Crippen molar-refractivity contribution in [2.24, 2.45) is 0 Å². The van der Waals surface area contributed by atoms with Gasteiger partial charge in [-0.3, -0.25) is 0 Å². The van der Waals surface area contributed by atoms with Gasteiger partial charge in [0.1, 0.15) is 8.07 Å². The number of unbranched alkanes of at least 4 members (excludes halogenated alkanes) is 4. The standard InChI is InChI=1S/C14H28Si/c1-5-9-11-13-15(7-3,8-4)14-12-10-6-2/h7-8H,3-6,9-14H2,1-2H3. The Balaban J connectivity index is 4.05. The lowest BCUT2D eigenvalue weighted by Crippen LogP contribution is -2.28. The van der Waals surface area contributed by atoms with Gasteiger partial charge in [-0.15, -0.1) is 13.2 Å². The van der Waals surface area contributed by atoms with Crippen LogP contribution in [0.25, 0.3) is 0 Å². The van der Waals surface area contributed by atoms with Crippen LogP contribution < -0.4 is 0 Å². The predicted molar refractivity (Wildman–Crippen MR) is 74.8 cm³/mol. The van der Waals surface area contributed by atoms with Crippen molar-refractivity contribution in [3.63, 3.8) is 0 Å². The fraction of sp³-hybridized carbons (Fsp3) is 0.714. The number of hydrogen-bond acceptors (Lipinski definition) is 0. The minimum Gasteiger partial charge on any atom is -0.107 e. The van der Waals surface area contributed by atoms with Crippen LogP contribution in [0.1, 0.15) is 52.4 Å². The van der Waals surface area contributed by atoms with Gasteiger partial charge in [0.25, 0.3) is 0 Å². The first kappa shape index (κ1) is 14.7. The van der Waals surface area contributed by atoms with Crippen molar-refractivity contribution in [3.05, 3.63) is 24.6 Å². The Bertz CT molecular complexity index is 152. The summed E-state index contributed by atoms with van der Waals surface area (Å²) in [4.78, 5) is 0. The zero-order valence-electron chi connectivity index (χ0n) is 10.7. The van der Waals surface area contributed by atoms with E-state index < -0.39 is 8.07 Å². The third-order valence-electron chi connectivity index (χ3n) is 3.30. The fourth-order valence-corrected chi connectivity index (χ4v) is 5.07. The third kappa shape index (κ3) is 5.98. The highest BCUT2D eigenvalue weighted by Gasteiger charge is 2.23. The van der Waals surface area contributed by atoms with Gasteiger partial charge in [0.2, 0.25) is 0 Å². The van der Waals surface area contributed by atoms with Crippen molar-refractivity contribution in [1.29, 1.82) is 0 Å².